The van der Waals surface area contributed by atoms with Crippen molar-refractivity contribution in [1.82, 2.24) is 0 Å². The van der Waals surface area contributed by atoms with Crippen molar-refractivity contribution in [3.8, 4) is 5.75 Å². The van der Waals surface area contributed by atoms with Crippen LogP contribution in [0.2, 0.25) is 5.02 Å². The minimum absolute atomic E-state index is 0.0148. The fourth-order valence-electron chi connectivity index (χ4n) is 0.752. The Kier molecular flexibility index (Phi) is 3.75. The molecule has 4 heteroatoms. The number of rotatable bonds is 3. The van der Waals surface area contributed by atoms with Gasteiger partial charge in [0.05, 0.1) is 5.02 Å². The van der Waals surface area contributed by atoms with Crippen molar-refractivity contribution in [2.45, 2.75) is 6.92 Å². The predicted molar refractivity (Wildman–Crippen MR) is 55.3 cm³/mol. The second kappa shape index (κ2) is 4.63. The third-order valence-corrected chi connectivity index (χ3v) is 2.57. The van der Waals surface area contributed by atoms with Gasteiger partial charge in [-0.2, -0.15) is 0 Å². The van der Waals surface area contributed by atoms with Gasteiger partial charge in [0, 0.05) is 4.47 Å². The van der Waals surface area contributed by atoms with E-state index >= 15 is 0 Å². The van der Waals surface area contributed by atoms with E-state index < -0.39 is 0 Å². The van der Waals surface area contributed by atoms with Gasteiger partial charge in [0.15, 0.2) is 5.78 Å². The first kappa shape index (κ1) is 10.5. The minimum Gasteiger partial charge on any atom is -0.486 e. The lowest BCUT2D eigenvalue weighted by atomic mass is 10.3. The highest BCUT2D eigenvalue weighted by Gasteiger charge is 2.00. The molecule has 70 valence electrons. The van der Waals surface area contributed by atoms with Crippen molar-refractivity contribution >= 4 is 33.3 Å². The van der Waals surface area contributed by atoms with Crippen LogP contribution in [-0.2, 0) is 4.79 Å². The van der Waals surface area contributed by atoms with E-state index in [1.807, 2.05) is 0 Å². The first-order chi connectivity index (χ1) is 6.09. The molecule has 0 atom stereocenters. The van der Waals surface area contributed by atoms with Crippen LogP contribution in [0.15, 0.2) is 22.7 Å². The quantitative estimate of drug-likeness (QED) is 0.838. The zero-order chi connectivity index (χ0) is 9.84. The van der Waals surface area contributed by atoms with E-state index in [-0.39, 0.29) is 12.4 Å². The third kappa shape index (κ3) is 3.36. The molecule has 0 N–H and O–H groups in total. The highest BCUT2D eigenvalue weighted by atomic mass is 79.9. The number of Topliss-reactive ketones (excluding diaryl/α,β-unsaturated/α-hetero) is 1. The van der Waals surface area contributed by atoms with Crippen LogP contribution in [0.3, 0.4) is 0 Å². The van der Waals surface area contributed by atoms with Gasteiger partial charge >= 0.3 is 0 Å². The number of carbonyl (C=O) groups is 1. The summed E-state index contributed by atoms with van der Waals surface area (Å²) in [5, 5.41) is 0.570. The Morgan fingerprint density at radius 3 is 2.85 bits per heavy atom. The zero-order valence-corrected chi connectivity index (χ0v) is 9.35. The van der Waals surface area contributed by atoms with Gasteiger partial charge in [0.2, 0.25) is 0 Å². The standard InChI is InChI=1S/C9H8BrClO2/c1-6(12)5-13-7-2-3-8(10)9(11)4-7/h2-4H,5H2,1H3. The summed E-state index contributed by atoms with van der Waals surface area (Å²) in [6, 6.07) is 5.19. The van der Waals surface area contributed by atoms with Gasteiger partial charge in [0.25, 0.3) is 0 Å². The summed E-state index contributed by atoms with van der Waals surface area (Å²) < 4.78 is 5.96. The highest BCUT2D eigenvalue weighted by molar-refractivity contribution is 9.10. The summed E-state index contributed by atoms with van der Waals surface area (Å²) in [4.78, 5) is 10.6. The van der Waals surface area contributed by atoms with Gasteiger partial charge in [-0.25, -0.2) is 0 Å². The second-order valence-electron chi connectivity index (χ2n) is 2.57. The maximum absolute atomic E-state index is 10.6. The third-order valence-electron chi connectivity index (χ3n) is 1.33. The molecule has 0 radical (unpaired) electrons. The van der Waals surface area contributed by atoms with Crippen LogP contribution in [0.25, 0.3) is 0 Å². The van der Waals surface area contributed by atoms with E-state index in [1.54, 1.807) is 18.2 Å². The van der Waals surface area contributed by atoms with Crippen LogP contribution in [0, 0.1) is 0 Å². The Bertz CT molecular complexity index is 325. The van der Waals surface area contributed by atoms with Crippen LogP contribution in [0.5, 0.6) is 5.75 Å². The number of halogens is 2. The zero-order valence-electron chi connectivity index (χ0n) is 7.01. The lowest BCUT2D eigenvalue weighted by Gasteiger charge is -2.04. The molecule has 1 rings (SSSR count). The summed E-state index contributed by atoms with van der Waals surface area (Å²) in [5.74, 6) is 0.586. The van der Waals surface area contributed by atoms with Gasteiger partial charge in [-0.3, -0.25) is 4.79 Å². The molecule has 0 amide bonds. The molecule has 0 fully saturated rings. The number of carbonyl (C=O) groups excluding carboxylic acids is 1. The smallest absolute Gasteiger partial charge is 0.167 e. The molecular weight excluding hydrogens is 255 g/mol. The Morgan fingerprint density at radius 1 is 1.62 bits per heavy atom. The molecule has 0 aliphatic heterocycles. The largest absolute Gasteiger partial charge is 0.486 e. The minimum atomic E-state index is -0.0148. The van der Waals surface area contributed by atoms with E-state index in [0.717, 1.165) is 4.47 Å². The van der Waals surface area contributed by atoms with Crippen LogP contribution < -0.4 is 4.74 Å². The molecule has 0 aliphatic carbocycles. The maximum Gasteiger partial charge on any atom is 0.167 e. The normalized spacial score (nSPS) is 9.77. The van der Waals surface area contributed by atoms with E-state index in [4.69, 9.17) is 16.3 Å². The van der Waals surface area contributed by atoms with E-state index in [9.17, 15) is 4.79 Å². The van der Waals surface area contributed by atoms with Crippen molar-refractivity contribution in [1.29, 1.82) is 0 Å². The lowest BCUT2D eigenvalue weighted by Crippen LogP contribution is -2.06. The Labute approximate surface area is 90.0 Å². The average molecular weight is 264 g/mol. The summed E-state index contributed by atoms with van der Waals surface area (Å²) in [6.07, 6.45) is 0. The van der Waals surface area contributed by atoms with Gasteiger partial charge in [-0.05, 0) is 41.1 Å². The monoisotopic (exact) mass is 262 g/mol. The molecule has 0 heterocycles. The van der Waals surface area contributed by atoms with Crippen LogP contribution >= 0.6 is 27.5 Å². The van der Waals surface area contributed by atoms with E-state index in [1.165, 1.54) is 6.92 Å². The molecule has 0 unspecified atom stereocenters. The summed E-state index contributed by atoms with van der Waals surface area (Å²) in [5.41, 5.74) is 0. The molecule has 0 aliphatic rings. The lowest BCUT2D eigenvalue weighted by molar-refractivity contribution is -0.118. The molecule has 0 saturated heterocycles. The fraction of sp³-hybridized carbons (Fsp3) is 0.222. The Hall–Kier alpha value is -0.540. The topological polar surface area (TPSA) is 26.3 Å². The number of ether oxygens (including phenoxy) is 1. The molecule has 1 aromatic rings. The first-order valence-electron chi connectivity index (χ1n) is 3.67. The molecule has 0 spiro atoms. The summed E-state index contributed by atoms with van der Waals surface area (Å²) >= 11 is 9.07. The molecular formula is C9H8BrClO2. The van der Waals surface area contributed by atoms with Gasteiger partial charge in [-0.15, -0.1) is 0 Å². The molecule has 2 nitrogen and oxygen atoms in total. The Balaban J connectivity index is 2.68. The van der Waals surface area contributed by atoms with Crippen molar-refractivity contribution in [3.05, 3.63) is 27.7 Å². The molecule has 0 bridgehead atoms. The van der Waals surface area contributed by atoms with E-state index in [0.29, 0.717) is 10.8 Å². The first-order valence-corrected chi connectivity index (χ1v) is 4.84. The van der Waals surface area contributed by atoms with E-state index in [2.05, 4.69) is 15.9 Å². The summed E-state index contributed by atoms with van der Waals surface area (Å²) in [6.45, 7) is 1.55. The molecule has 1 aromatic carbocycles. The van der Waals surface area contributed by atoms with Crippen molar-refractivity contribution in [3.63, 3.8) is 0 Å². The summed E-state index contributed by atoms with van der Waals surface area (Å²) in [7, 11) is 0. The number of benzene rings is 1. The average Bonchev–Trinajstić information content (AvgIpc) is 2.07. The Morgan fingerprint density at radius 2 is 2.31 bits per heavy atom. The second-order valence-corrected chi connectivity index (χ2v) is 3.83. The SMILES string of the molecule is CC(=O)COc1ccc(Br)c(Cl)c1. The van der Waals surface area contributed by atoms with Gasteiger partial charge in [0.1, 0.15) is 12.4 Å². The highest BCUT2D eigenvalue weighted by Crippen LogP contribution is 2.26. The van der Waals surface area contributed by atoms with Crippen LogP contribution in [-0.4, -0.2) is 12.4 Å². The number of ketones is 1. The fourth-order valence-corrected chi connectivity index (χ4v) is 1.17. The van der Waals surface area contributed by atoms with Crippen LogP contribution in [0.1, 0.15) is 6.92 Å². The van der Waals surface area contributed by atoms with Gasteiger partial charge in [-0.1, -0.05) is 11.6 Å². The van der Waals surface area contributed by atoms with Crippen LogP contribution in [0.4, 0.5) is 0 Å². The van der Waals surface area contributed by atoms with Gasteiger partial charge < -0.3 is 4.74 Å². The molecule has 13 heavy (non-hydrogen) atoms. The number of hydrogen-bond acceptors (Lipinski definition) is 2. The molecule has 0 saturated carbocycles. The van der Waals surface area contributed by atoms with Crippen molar-refractivity contribution in [2.24, 2.45) is 0 Å². The number of hydrogen-bond donors (Lipinski definition) is 0. The maximum atomic E-state index is 10.6. The molecule has 0 aromatic heterocycles. The van der Waals surface area contributed by atoms with Crippen molar-refractivity contribution in [2.75, 3.05) is 6.61 Å². The predicted octanol–water partition coefficient (Wildman–Crippen LogP) is 3.07. The van der Waals surface area contributed by atoms with Crippen molar-refractivity contribution < 1.29 is 9.53 Å².